The number of carbonyl (C=O) groups is 2. The van der Waals surface area contributed by atoms with Gasteiger partial charge in [-0.25, -0.2) is 4.79 Å². The number of halogens is 2. The lowest BCUT2D eigenvalue weighted by Gasteiger charge is -2.15. The van der Waals surface area contributed by atoms with Crippen molar-refractivity contribution < 1.29 is 19.1 Å². The number of anilines is 1. The van der Waals surface area contributed by atoms with Gasteiger partial charge in [0.15, 0.2) is 6.10 Å². The van der Waals surface area contributed by atoms with Gasteiger partial charge in [-0.15, -0.1) is 11.3 Å². The van der Waals surface area contributed by atoms with Gasteiger partial charge in [0.1, 0.15) is 10.6 Å². The zero-order chi connectivity index (χ0) is 17.0. The summed E-state index contributed by atoms with van der Waals surface area (Å²) in [5.41, 5.74) is 0.395. The van der Waals surface area contributed by atoms with Crippen LogP contribution in [0, 0.1) is 0 Å². The fourth-order valence-electron chi connectivity index (χ4n) is 1.71. The summed E-state index contributed by atoms with van der Waals surface area (Å²) in [6.45, 7) is 1.47. The quantitative estimate of drug-likeness (QED) is 0.795. The summed E-state index contributed by atoms with van der Waals surface area (Å²) in [5.74, 6) is -0.657. The molecule has 0 unspecified atom stereocenters. The summed E-state index contributed by atoms with van der Waals surface area (Å²) in [4.78, 5) is 24.4. The Morgan fingerprint density at radius 3 is 2.57 bits per heavy atom. The molecule has 1 amide bonds. The Balaban J connectivity index is 2.03. The summed E-state index contributed by atoms with van der Waals surface area (Å²) in [5, 5.41) is 3.06. The lowest BCUT2D eigenvalue weighted by atomic mass is 10.2. The second-order valence-electron chi connectivity index (χ2n) is 4.49. The third-order valence-corrected chi connectivity index (χ3v) is 4.29. The standard InChI is InChI=1S/C15H13Cl2NO4S/c1-8(22-15(20)12-5-6-13(17)23-12)14(19)18-10-7-9(16)3-4-11(10)21-2/h3-8H,1-2H3,(H,18,19)/t8-/m1/s1. The molecule has 0 aliphatic carbocycles. The van der Waals surface area contributed by atoms with Crippen LogP contribution < -0.4 is 10.1 Å². The maximum atomic E-state index is 12.2. The monoisotopic (exact) mass is 373 g/mol. The van der Waals surface area contributed by atoms with Crippen molar-refractivity contribution in [2.24, 2.45) is 0 Å². The predicted octanol–water partition coefficient (Wildman–Crippen LogP) is 4.25. The first-order valence-corrected chi connectivity index (χ1v) is 8.08. The highest BCUT2D eigenvalue weighted by Crippen LogP contribution is 2.28. The molecule has 5 nitrogen and oxygen atoms in total. The largest absolute Gasteiger partial charge is 0.495 e. The van der Waals surface area contributed by atoms with Gasteiger partial charge in [0.2, 0.25) is 0 Å². The molecule has 0 saturated heterocycles. The summed E-state index contributed by atoms with van der Waals surface area (Å²) < 4.78 is 10.7. The molecule has 0 spiro atoms. The molecule has 0 bridgehead atoms. The summed E-state index contributed by atoms with van der Waals surface area (Å²) in [6, 6.07) is 7.94. The van der Waals surface area contributed by atoms with Crippen LogP contribution in [0.15, 0.2) is 30.3 Å². The van der Waals surface area contributed by atoms with Crippen molar-refractivity contribution in [1.29, 1.82) is 0 Å². The van der Waals surface area contributed by atoms with Gasteiger partial charge in [-0.2, -0.15) is 0 Å². The van der Waals surface area contributed by atoms with E-state index in [2.05, 4.69) is 5.32 Å². The minimum atomic E-state index is -0.993. The summed E-state index contributed by atoms with van der Waals surface area (Å²) >= 11 is 12.7. The number of nitrogens with one attached hydrogen (secondary N) is 1. The maximum Gasteiger partial charge on any atom is 0.349 e. The Bertz CT molecular complexity index is 732. The molecule has 1 N–H and O–H groups in total. The average Bonchev–Trinajstić information content (AvgIpc) is 2.94. The van der Waals surface area contributed by atoms with E-state index in [0.29, 0.717) is 25.7 Å². The van der Waals surface area contributed by atoms with Crippen molar-refractivity contribution in [1.82, 2.24) is 0 Å². The Kier molecular flexibility index (Phi) is 5.87. The van der Waals surface area contributed by atoms with Crippen molar-refractivity contribution in [3.05, 3.63) is 44.6 Å². The summed E-state index contributed by atoms with van der Waals surface area (Å²) in [7, 11) is 1.48. The van der Waals surface area contributed by atoms with Gasteiger partial charge >= 0.3 is 5.97 Å². The van der Waals surface area contributed by atoms with Crippen LogP contribution >= 0.6 is 34.5 Å². The number of thiophene rings is 1. The number of amides is 1. The van der Waals surface area contributed by atoms with Gasteiger partial charge < -0.3 is 14.8 Å². The zero-order valence-electron chi connectivity index (χ0n) is 12.3. The molecule has 1 heterocycles. The highest BCUT2D eigenvalue weighted by Gasteiger charge is 2.21. The van der Waals surface area contributed by atoms with Crippen LogP contribution in [0.3, 0.4) is 0 Å². The van der Waals surface area contributed by atoms with E-state index >= 15 is 0 Å². The molecule has 2 rings (SSSR count). The molecule has 0 radical (unpaired) electrons. The Hall–Kier alpha value is -1.76. The highest BCUT2D eigenvalue weighted by atomic mass is 35.5. The van der Waals surface area contributed by atoms with Gasteiger partial charge in [-0.05, 0) is 37.3 Å². The molecule has 122 valence electrons. The van der Waals surface area contributed by atoms with E-state index < -0.39 is 18.0 Å². The smallest absolute Gasteiger partial charge is 0.349 e. The van der Waals surface area contributed by atoms with Crippen LogP contribution in [0.1, 0.15) is 16.6 Å². The van der Waals surface area contributed by atoms with Gasteiger partial charge in [0.05, 0.1) is 17.1 Å². The molecular weight excluding hydrogens is 361 g/mol. The number of methoxy groups -OCH3 is 1. The molecule has 1 aromatic carbocycles. The van der Waals surface area contributed by atoms with Gasteiger partial charge in [0.25, 0.3) is 5.91 Å². The normalized spacial score (nSPS) is 11.7. The second-order valence-corrected chi connectivity index (χ2v) is 6.64. The van der Waals surface area contributed by atoms with E-state index in [1.165, 1.54) is 14.0 Å². The maximum absolute atomic E-state index is 12.2. The molecule has 23 heavy (non-hydrogen) atoms. The number of rotatable bonds is 5. The fourth-order valence-corrected chi connectivity index (χ4v) is 2.81. The van der Waals surface area contributed by atoms with E-state index in [4.69, 9.17) is 32.7 Å². The first kappa shape index (κ1) is 17.6. The van der Waals surface area contributed by atoms with Crippen molar-refractivity contribution in [2.75, 3.05) is 12.4 Å². The van der Waals surface area contributed by atoms with Crippen molar-refractivity contribution in [3.63, 3.8) is 0 Å². The first-order valence-electron chi connectivity index (χ1n) is 6.51. The predicted molar refractivity (Wildman–Crippen MR) is 90.8 cm³/mol. The number of carbonyl (C=O) groups excluding carboxylic acids is 2. The van der Waals surface area contributed by atoms with Crippen LogP contribution in [0.2, 0.25) is 9.36 Å². The van der Waals surface area contributed by atoms with Crippen LogP contribution in [-0.2, 0) is 9.53 Å². The molecular formula is C15H13Cl2NO4S. The minimum absolute atomic E-state index is 0.329. The van der Waals surface area contributed by atoms with Crippen LogP contribution in [0.5, 0.6) is 5.75 Å². The third kappa shape index (κ3) is 4.60. The molecule has 8 heteroatoms. The number of benzene rings is 1. The number of ether oxygens (including phenoxy) is 2. The average molecular weight is 374 g/mol. The first-order chi connectivity index (χ1) is 10.9. The van der Waals surface area contributed by atoms with E-state index in [9.17, 15) is 9.59 Å². The highest BCUT2D eigenvalue weighted by molar-refractivity contribution is 7.17. The lowest BCUT2D eigenvalue weighted by molar-refractivity contribution is -0.123. The molecule has 1 atom stereocenters. The molecule has 0 aliphatic heterocycles. The Morgan fingerprint density at radius 1 is 1.22 bits per heavy atom. The van der Waals surface area contributed by atoms with Crippen LogP contribution in [-0.4, -0.2) is 25.1 Å². The molecule has 0 fully saturated rings. The van der Waals surface area contributed by atoms with E-state index in [1.807, 2.05) is 0 Å². The Morgan fingerprint density at radius 2 is 1.96 bits per heavy atom. The van der Waals surface area contributed by atoms with E-state index in [1.54, 1.807) is 30.3 Å². The van der Waals surface area contributed by atoms with Gasteiger partial charge in [0, 0.05) is 5.02 Å². The Labute approximate surface area is 147 Å². The van der Waals surface area contributed by atoms with Gasteiger partial charge in [-0.3, -0.25) is 4.79 Å². The number of hydrogen-bond donors (Lipinski definition) is 1. The van der Waals surface area contributed by atoms with E-state index in [0.717, 1.165) is 11.3 Å². The third-order valence-electron chi connectivity index (χ3n) is 2.85. The lowest BCUT2D eigenvalue weighted by Crippen LogP contribution is -2.29. The second kappa shape index (κ2) is 7.68. The molecule has 0 aliphatic rings. The van der Waals surface area contributed by atoms with Crippen molar-refractivity contribution in [2.45, 2.75) is 13.0 Å². The molecule has 1 aromatic heterocycles. The van der Waals surface area contributed by atoms with Crippen LogP contribution in [0.25, 0.3) is 0 Å². The fraction of sp³-hybridized carbons (Fsp3) is 0.200. The number of esters is 1. The molecule has 2 aromatic rings. The topological polar surface area (TPSA) is 64.6 Å². The summed E-state index contributed by atoms with van der Waals surface area (Å²) in [6.07, 6.45) is -0.993. The SMILES string of the molecule is COc1ccc(Cl)cc1NC(=O)[C@@H](C)OC(=O)c1ccc(Cl)s1. The van der Waals surface area contributed by atoms with Crippen molar-refractivity contribution >= 4 is 52.1 Å². The number of hydrogen-bond acceptors (Lipinski definition) is 5. The van der Waals surface area contributed by atoms with Crippen LogP contribution in [0.4, 0.5) is 5.69 Å². The van der Waals surface area contributed by atoms with Gasteiger partial charge in [-0.1, -0.05) is 23.2 Å². The minimum Gasteiger partial charge on any atom is -0.495 e. The van der Waals surface area contributed by atoms with Crippen molar-refractivity contribution in [3.8, 4) is 5.75 Å². The zero-order valence-corrected chi connectivity index (χ0v) is 14.6. The van der Waals surface area contributed by atoms with E-state index in [-0.39, 0.29) is 0 Å². The molecule has 0 saturated carbocycles.